The van der Waals surface area contributed by atoms with Crippen LogP contribution < -0.4 is 15.8 Å². The number of nitrogens with two attached hydrogens (primary N) is 1. The minimum atomic E-state index is -3.73. The molecule has 0 fully saturated rings. The molecule has 156 valence electrons. The number of benzene rings is 1. The van der Waals surface area contributed by atoms with Crippen LogP contribution in [0.3, 0.4) is 0 Å². The quantitative estimate of drug-likeness (QED) is 0.438. The monoisotopic (exact) mass is 413 g/mol. The van der Waals surface area contributed by atoms with Crippen molar-refractivity contribution >= 4 is 27.8 Å². The topological polar surface area (TPSA) is 145 Å². The first-order valence-corrected chi connectivity index (χ1v) is 10.4. The predicted octanol–water partition coefficient (Wildman–Crippen LogP) is 0.0883. The number of hydrogen-bond acceptors (Lipinski definition) is 6. The van der Waals surface area contributed by atoms with Gasteiger partial charge in [-0.3, -0.25) is 14.4 Å². The van der Waals surface area contributed by atoms with Crippen LogP contribution in [0.2, 0.25) is 0 Å². The number of ether oxygens (including phenoxy) is 1. The third-order valence-electron chi connectivity index (χ3n) is 3.73. The lowest BCUT2D eigenvalue weighted by Gasteiger charge is -2.08. The van der Waals surface area contributed by atoms with E-state index in [1.165, 1.54) is 12.1 Å². The van der Waals surface area contributed by atoms with Gasteiger partial charge >= 0.3 is 5.97 Å². The zero-order valence-corrected chi connectivity index (χ0v) is 16.9. The van der Waals surface area contributed by atoms with Crippen LogP contribution in [0.25, 0.3) is 0 Å². The van der Waals surface area contributed by atoms with E-state index in [-0.39, 0.29) is 23.9 Å². The highest BCUT2D eigenvalue weighted by atomic mass is 32.2. The molecule has 1 aromatic rings. The van der Waals surface area contributed by atoms with Crippen LogP contribution in [0, 0.1) is 5.92 Å². The molecule has 0 aliphatic heterocycles. The second kappa shape index (κ2) is 11.4. The van der Waals surface area contributed by atoms with Gasteiger partial charge in [-0.1, -0.05) is 26.0 Å². The first-order valence-electron chi connectivity index (χ1n) is 8.88. The minimum absolute atomic E-state index is 0.0171. The van der Waals surface area contributed by atoms with E-state index in [2.05, 4.69) is 10.6 Å². The third-order valence-corrected chi connectivity index (χ3v) is 4.66. The Morgan fingerprint density at radius 3 is 2.29 bits per heavy atom. The normalized spacial score (nSPS) is 11.1. The Morgan fingerprint density at radius 2 is 1.71 bits per heavy atom. The Morgan fingerprint density at radius 1 is 1.07 bits per heavy atom. The first kappa shape index (κ1) is 23.6. The van der Waals surface area contributed by atoms with Crippen molar-refractivity contribution in [3.8, 4) is 0 Å². The Bertz CT molecular complexity index is 775. The molecule has 0 saturated carbocycles. The summed E-state index contributed by atoms with van der Waals surface area (Å²) in [6, 6.07) is 6.00. The molecule has 9 nitrogen and oxygen atoms in total. The lowest BCUT2D eigenvalue weighted by molar-refractivity contribution is -0.148. The van der Waals surface area contributed by atoms with Crippen molar-refractivity contribution in [3.63, 3.8) is 0 Å². The van der Waals surface area contributed by atoms with Crippen LogP contribution in [0.4, 0.5) is 0 Å². The van der Waals surface area contributed by atoms with E-state index in [1.807, 2.05) is 13.8 Å². The summed E-state index contributed by atoms with van der Waals surface area (Å²) in [5.74, 6) is -0.996. The molecule has 4 N–H and O–H groups in total. The number of carbonyl (C=O) groups excluding carboxylic acids is 3. The summed E-state index contributed by atoms with van der Waals surface area (Å²) in [6.07, 6.45) is 1.54. The summed E-state index contributed by atoms with van der Waals surface area (Å²) in [4.78, 5) is 34.7. The maximum Gasteiger partial charge on any atom is 0.325 e. The van der Waals surface area contributed by atoms with Gasteiger partial charge in [-0.05, 0) is 36.5 Å². The number of amides is 2. The molecule has 0 aromatic heterocycles. The number of carbonyl (C=O) groups is 3. The van der Waals surface area contributed by atoms with Crippen LogP contribution in [-0.2, 0) is 35.6 Å². The maximum atomic E-state index is 11.7. The van der Waals surface area contributed by atoms with Crippen LogP contribution in [0.1, 0.15) is 32.3 Å². The van der Waals surface area contributed by atoms with Crippen molar-refractivity contribution in [2.75, 3.05) is 19.7 Å². The molecular formula is C18H27N3O6S. The Balaban J connectivity index is 2.21. The highest BCUT2D eigenvalue weighted by Gasteiger charge is 2.10. The molecule has 0 radical (unpaired) electrons. The molecule has 28 heavy (non-hydrogen) atoms. The average molecular weight is 413 g/mol. The van der Waals surface area contributed by atoms with Gasteiger partial charge in [0.15, 0.2) is 6.61 Å². The molecule has 0 aliphatic rings. The Labute approximate surface area is 165 Å². The molecule has 0 spiro atoms. The summed E-state index contributed by atoms with van der Waals surface area (Å²) in [7, 11) is -3.73. The number of hydrogen-bond donors (Lipinski definition) is 3. The largest absolute Gasteiger partial charge is 0.454 e. The molecule has 0 atom stereocenters. The summed E-state index contributed by atoms with van der Waals surface area (Å²) in [6.45, 7) is 3.57. The van der Waals surface area contributed by atoms with E-state index in [4.69, 9.17) is 9.88 Å². The van der Waals surface area contributed by atoms with Gasteiger partial charge in [0, 0.05) is 13.0 Å². The number of rotatable bonds is 11. The molecule has 0 unspecified atom stereocenters. The second-order valence-electron chi connectivity index (χ2n) is 6.66. The van der Waals surface area contributed by atoms with Gasteiger partial charge in [0.1, 0.15) is 6.54 Å². The van der Waals surface area contributed by atoms with E-state index in [0.717, 1.165) is 12.0 Å². The van der Waals surface area contributed by atoms with E-state index in [9.17, 15) is 22.8 Å². The molecule has 2 amide bonds. The molecule has 1 aromatic carbocycles. The highest BCUT2D eigenvalue weighted by molar-refractivity contribution is 7.89. The summed E-state index contributed by atoms with van der Waals surface area (Å²) in [5.41, 5.74) is 0.814. The van der Waals surface area contributed by atoms with Crippen molar-refractivity contribution in [2.24, 2.45) is 11.1 Å². The van der Waals surface area contributed by atoms with Gasteiger partial charge in [0.05, 0.1) is 4.90 Å². The van der Waals surface area contributed by atoms with Crippen molar-refractivity contribution in [3.05, 3.63) is 29.8 Å². The fourth-order valence-corrected chi connectivity index (χ4v) is 2.63. The summed E-state index contributed by atoms with van der Waals surface area (Å²) in [5, 5.41) is 10.0. The van der Waals surface area contributed by atoms with Gasteiger partial charge < -0.3 is 15.4 Å². The van der Waals surface area contributed by atoms with E-state index in [1.54, 1.807) is 12.1 Å². The second-order valence-corrected chi connectivity index (χ2v) is 8.22. The van der Waals surface area contributed by atoms with Crippen LogP contribution in [0.5, 0.6) is 0 Å². The Kier molecular flexibility index (Phi) is 9.60. The van der Waals surface area contributed by atoms with Gasteiger partial charge in [-0.15, -0.1) is 0 Å². The lowest BCUT2D eigenvalue weighted by Crippen LogP contribution is -2.34. The first-order chi connectivity index (χ1) is 13.1. The standard InChI is InChI=1S/C18H27N3O6S/c1-13(2)3-8-16(22)21-11-18(24)27-12-17(23)20-10-9-14-4-6-15(7-5-14)28(19,25)26/h4-7,13H,3,8-12H2,1-2H3,(H,20,23)(H,21,22)(H2,19,25,26). The van der Waals surface area contributed by atoms with Gasteiger partial charge in [-0.25, -0.2) is 13.6 Å². The SMILES string of the molecule is CC(C)CCC(=O)NCC(=O)OCC(=O)NCCc1ccc(S(N)(=O)=O)cc1. The van der Waals surface area contributed by atoms with E-state index < -0.39 is 28.5 Å². The fourth-order valence-electron chi connectivity index (χ4n) is 2.12. The fraction of sp³-hybridized carbons (Fsp3) is 0.500. The van der Waals surface area contributed by atoms with Crippen LogP contribution in [-0.4, -0.2) is 45.9 Å². The smallest absolute Gasteiger partial charge is 0.325 e. The molecule has 1 rings (SSSR count). The maximum absolute atomic E-state index is 11.7. The zero-order valence-electron chi connectivity index (χ0n) is 16.1. The number of primary sulfonamides is 1. The molecule has 10 heteroatoms. The van der Waals surface area contributed by atoms with Gasteiger partial charge in [-0.2, -0.15) is 0 Å². The van der Waals surface area contributed by atoms with Crippen molar-refractivity contribution in [2.45, 2.75) is 38.0 Å². The van der Waals surface area contributed by atoms with Crippen molar-refractivity contribution in [1.82, 2.24) is 10.6 Å². The molecule has 0 saturated heterocycles. The number of sulfonamides is 1. The van der Waals surface area contributed by atoms with Gasteiger partial charge in [0.25, 0.3) is 5.91 Å². The Hall–Kier alpha value is -2.46. The van der Waals surface area contributed by atoms with Crippen molar-refractivity contribution in [1.29, 1.82) is 0 Å². The predicted molar refractivity (Wildman–Crippen MR) is 103 cm³/mol. The van der Waals surface area contributed by atoms with Crippen LogP contribution in [0.15, 0.2) is 29.2 Å². The molecule has 0 bridgehead atoms. The average Bonchev–Trinajstić information content (AvgIpc) is 2.62. The third kappa shape index (κ3) is 10.0. The summed E-state index contributed by atoms with van der Waals surface area (Å²) < 4.78 is 27.1. The highest BCUT2D eigenvalue weighted by Crippen LogP contribution is 2.08. The van der Waals surface area contributed by atoms with Crippen molar-refractivity contribution < 1.29 is 27.5 Å². The molecular weight excluding hydrogens is 386 g/mol. The minimum Gasteiger partial charge on any atom is -0.454 e. The lowest BCUT2D eigenvalue weighted by atomic mass is 10.1. The van der Waals surface area contributed by atoms with Gasteiger partial charge in [0.2, 0.25) is 15.9 Å². The number of nitrogens with one attached hydrogen (secondary N) is 2. The number of esters is 1. The zero-order chi connectivity index (χ0) is 21.2. The summed E-state index contributed by atoms with van der Waals surface area (Å²) >= 11 is 0. The van der Waals surface area contributed by atoms with Crippen LogP contribution >= 0.6 is 0 Å². The molecule has 0 heterocycles. The molecule has 0 aliphatic carbocycles. The van der Waals surface area contributed by atoms with E-state index >= 15 is 0 Å². The van der Waals surface area contributed by atoms with E-state index in [0.29, 0.717) is 18.8 Å².